The first-order valence-corrected chi connectivity index (χ1v) is 8.26. The number of aryl methyl sites for hydroxylation is 1. The van der Waals surface area contributed by atoms with Gasteiger partial charge in [0.1, 0.15) is 0 Å². The van der Waals surface area contributed by atoms with E-state index in [1.165, 1.54) is 0 Å². The highest BCUT2D eigenvalue weighted by molar-refractivity contribution is 5.95. The number of amides is 1. The standard InChI is InChI=1S/C20H23NO3/c1-2-6-18(16-7-4-3-5-8-16)20(24)21-17-12-9-15(10-13-17)11-14-19(22)23/h3-5,7-10,12-13,18H,2,6,11,14H2,1H3,(H,21,24)(H,22,23). The van der Waals surface area contributed by atoms with E-state index in [1.807, 2.05) is 54.6 Å². The van der Waals surface area contributed by atoms with Gasteiger partial charge in [-0.05, 0) is 36.1 Å². The lowest BCUT2D eigenvalue weighted by Crippen LogP contribution is -2.21. The van der Waals surface area contributed by atoms with Gasteiger partial charge < -0.3 is 10.4 Å². The molecule has 24 heavy (non-hydrogen) atoms. The summed E-state index contributed by atoms with van der Waals surface area (Å²) in [5.74, 6) is -0.984. The summed E-state index contributed by atoms with van der Waals surface area (Å²) in [4.78, 5) is 23.2. The Kier molecular flexibility index (Phi) is 6.55. The SMILES string of the molecule is CCCC(C(=O)Nc1ccc(CCC(=O)O)cc1)c1ccccc1. The van der Waals surface area contributed by atoms with Gasteiger partial charge >= 0.3 is 5.97 Å². The summed E-state index contributed by atoms with van der Waals surface area (Å²) in [6.07, 6.45) is 2.33. The minimum absolute atomic E-state index is 0.0127. The van der Waals surface area contributed by atoms with Crippen LogP contribution in [-0.4, -0.2) is 17.0 Å². The molecule has 0 aliphatic heterocycles. The molecule has 2 N–H and O–H groups in total. The second-order valence-corrected chi connectivity index (χ2v) is 5.83. The van der Waals surface area contributed by atoms with Gasteiger partial charge in [-0.1, -0.05) is 55.8 Å². The number of hydrogen-bond acceptors (Lipinski definition) is 2. The van der Waals surface area contributed by atoms with Crippen LogP contribution in [0.15, 0.2) is 54.6 Å². The van der Waals surface area contributed by atoms with Gasteiger partial charge in [0.2, 0.25) is 5.91 Å². The Labute approximate surface area is 142 Å². The second-order valence-electron chi connectivity index (χ2n) is 5.83. The van der Waals surface area contributed by atoms with Crippen molar-refractivity contribution in [3.63, 3.8) is 0 Å². The number of carboxylic acid groups (broad SMARTS) is 1. The van der Waals surface area contributed by atoms with Crippen LogP contribution in [0.1, 0.15) is 43.2 Å². The number of hydrogen-bond donors (Lipinski definition) is 2. The Morgan fingerprint density at radius 1 is 1.04 bits per heavy atom. The lowest BCUT2D eigenvalue weighted by molar-refractivity contribution is -0.137. The highest BCUT2D eigenvalue weighted by Crippen LogP contribution is 2.23. The number of aliphatic carboxylic acids is 1. The molecule has 2 aromatic carbocycles. The van der Waals surface area contributed by atoms with E-state index in [0.29, 0.717) is 6.42 Å². The van der Waals surface area contributed by atoms with Crippen LogP contribution in [0.25, 0.3) is 0 Å². The van der Waals surface area contributed by atoms with Gasteiger partial charge in [0.05, 0.1) is 5.92 Å². The predicted molar refractivity (Wildman–Crippen MR) is 95.1 cm³/mol. The summed E-state index contributed by atoms with van der Waals surface area (Å²) < 4.78 is 0. The summed E-state index contributed by atoms with van der Waals surface area (Å²) in [6.45, 7) is 2.07. The van der Waals surface area contributed by atoms with Crippen LogP contribution in [-0.2, 0) is 16.0 Å². The summed E-state index contributed by atoms with van der Waals surface area (Å²) in [7, 11) is 0. The van der Waals surface area contributed by atoms with Crippen LogP contribution in [0.2, 0.25) is 0 Å². The molecule has 0 heterocycles. The molecule has 2 rings (SSSR count). The third-order valence-corrected chi connectivity index (χ3v) is 3.94. The Morgan fingerprint density at radius 3 is 2.29 bits per heavy atom. The molecular weight excluding hydrogens is 302 g/mol. The minimum atomic E-state index is -0.808. The van der Waals surface area contributed by atoms with Crippen LogP contribution < -0.4 is 5.32 Å². The van der Waals surface area contributed by atoms with Gasteiger partial charge in [-0.2, -0.15) is 0 Å². The van der Waals surface area contributed by atoms with Gasteiger partial charge in [-0.25, -0.2) is 0 Å². The first-order valence-electron chi connectivity index (χ1n) is 8.26. The van der Waals surface area contributed by atoms with E-state index in [2.05, 4.69) is 12.2 Å². The monoisotopic (exact) mass is 325 g/mol. The number of carbonyl (C=O) groups is 2. The Hall–Kier alpha value is -2.62. The number of rotatable bonds is 8. The van der Waals surface area contributed by atoms with Crippen molar-refractivity contribution in [1.82, 2.24) is 0 Å². The molecule has 126 valence electrons. The average Bonchev–Trinajstić information content (AvgIpc) is 2.59. The molecule has 1 atom stereocenters. The molecule has 0 spiro atoms. The zero-order chi connectivity index (χ0) is 17.4. The molecule has 0 aliphatic carbocycles. The first kappa shape index (κ1) is 17.7. The number of carboxylic acids is 1. The maximum absolute atomic E-state index is 12.6. The van der Waals surface area contributed by atoms with Crippen LogP contribution >= 0.6 is 0 Å². The number of nitrogens with one attached hydrogen (secondary N) is 1. The molecular formula is C20H23NO3. The summed E-state index contributed by atoms with van der Waals surface area (Å²) >= 11 is 0. The lowest BCUT2D eigenvalue weighted by atomic mass is 9.93. The zero-order valence-corrected chi connectivity index (χ0v) is 13.9. The highest BCUT2D eigenvalue weighted by atomic mass is 16.4. The van der Waals surface area contributed by atoms with Crippen LogP contribution in [0.5, 0.6) is 0 Å². The van der Waals surface area contributed by atoms with Crippen molar-refractivity contribution >= 4 is 17.6 Å². The molecule has 0 bridgehead atoms. The van der Waals surface area contributed by atoms with E-state index in [-0.39, 0.29) is 18.2 Å². The molecule has 4 nitrogen and oxygen atoms in total. The summed E-state index contributed by atoms with van der Waals surface area (Å²) in [6, 6.07) is 17.2. The molecule has 0 radical (unpaired) electrons. The Bertz CT molecular complexity index is 665. The maximum atomic E-state index is 12.6. The lowest BCUT2D eigenvalue weighted by Gasteiger charge is -2.16. The van der Waals surface area contributed by atoms with Crippen LogP contribution in [0, 0.1) is 0 Å². The molecule has 0 aromatic heterocycles. The number of carbonyl (C=O) groups excluding carboxylic acids is 1. The maximum Gasteiger partial charge on any atom is 0.303 e. The average molecular weight is 325 g/mol. The van der Waals surface area contributed by atoms with Crippen molar-refractivity contribution in [1.29, 1.82) is 0 Å². The molecule has 0 aliphatic rings. The van der Waals surface area contributed by atoms with E-state index >= 15 is 0 Å². The van der Waals surface area contributed by atoms with Crippen molar-refractivity contribution in [2.45, 2.75) is 38.5 Å². The van der Waals surface area contributed by atoms with Gasteiger partial charge in [-0.3, -0.25) is 9.59 Å². The largest absolute Gasteiger partial charge is 0.481 e. The summed E-state index contributed by atoms with van der Waals surface area (Å²) in [5, 5.41) is 11.7. The predicted octanol–water partition coefficient (Wildman–Crippen LogP) is 4.23. The van der Waals surface area contributed by atoms with E-state index in [9.17, 15) is 9.59 Å². The van der Waals surface area contributed by atoms with Crippen molar-refractivity contribution in [2.75, 3.05) is 5.32 Å². The smallest absolute Gasteiger partial charge is 0.303 e. The Morgan fingerprint density at radius 2 is 1.71 bits per heavy atom. The first-order chi connectivity index (χ1) is 11.6. The zero-order valence-electron chi connectivity index (χ0n) is 13.9. The van der Waals surface area contributed by atoms with Gasteiger partial charge in [0.25, 0.3) is 0 Å². The third-order valence-electron chi connectivity index (χ3n) is 3.94. The van der Waals surface area contributed by atoms with E-state index in [1.54, 1.807) is 0 Å². The van der Waals surface area contributed by atoms with Crippen LogP contribution in [0.4, 0.5) is 5.69 Å². The van der Waals surface area contributed by atoms with Crippen molar-refractivity contribution in [2.24, 2.45) is 0 Å². The normalized spacial score (nSPS) is 11.7. The van der Waals surface area contributed by atoms with Crippen molar-refractivity contribution in [3.8, 4) is 0 Å². The van der Waals surface area contributed by atoms with E-state index < -0.39 is 5.97 Å². The third kappa shape index (κ3) is 5.23. The molecule has 2 aromatic rings. The fraction of sp³-hybridized carbons (Fsp3) is 0.300. The fourth-order valence-electron chi connectivity index (χ4n) is 2.66. The topological polar surface area (TPSA) is 66.4 Å². The highest BCUT2D eigenvalue weighted by Gasteiger charge is 2.19. The minimum Gasteiger partial charge on any atom is -0.481 e. The van der Waals surface area contributed by atoms with E-state index in [4.69, 9.17) is 5.11 Å². The number of benzene rings is 2. The van der Waals surface area contributed by atoms with Crippen LogP contribution in [0.3, 0.4) is 0 Å². The molecule has 1 amide bonds. The van der Waals surface area contributed by atoms with Gasteiger partial charge in [-0.15, -0.1) is 0 Å². The van der Waals surface area contributed by atoms with E-state index in [0.717, 1.165) is 29.7 Å². The molecule has 0 fully saturated rings. The second kappa shape index (κ2) is 8.87. The molecule has 4 heteroatoms. The Balaban J connectivity index is 2.02. The van der Waals surface area contributed by atoms with Gasteiger partial charge in [0.15, 0.2) is 0 Å². The molecule has 0 saturated carbocycles. The summed E-state index contributed by atoms with van der Waals surface area (Å²) in [5.41, 5.74) is 2.70. The van der Waals surface area contributed by atoms with Gasteiger partial charge in [0, 0.05) is 12.1 Å². The quantitative estimate of drug-likeness (QED) is 0.763. The van der Waals surface area contributed by atoms with Crippen molar-refractivity contribution < 1.29 is 14.7 Å². The number of anilines is 1. The van der Waals surface area contributed by atoms with Crippen molar-refractivity contribution in [3.05, 3.63) is 65.7 Å². The molecule has 0 saturated heterocycles. The fourth-order valence-corrected chi connectivity index (χ4v) is 2.66. The molecule has 1 unspecified atom stereocenters.